The Labute approximate surface area is 164 Å². The van der Waals surface area contributed by atoms with Crippen LogP contribution in [0.2, 0.25) is 0 Å². The molecule has 0 bridgehead atoms. The molecule has 1 amide bonds. The molecule has 28 heavy (non-hydrogen) atoms. The zero-order valence-corrected chi connectivity index (χ0v) is 16.1. The molecule has 1 aromatic heterocycles. The summed E-state index contributed by atoms with van der Waals surface area (Å²) in [5.74, 6) is 0.681. The number of nitrogens with one attached hydrogen (secondary N) is 1. The number of nitrogens with zero attached hydrogens (tertiary/aromatic N) is 2. The first kappa shape index (κ1) is 18.0. The maximum atomic E-state index is 12.1. The standard InChI is InChI=1S/C24H23N3O/c1-16(2)24(28)25-17(3)23-26-21-13-6-7-14-22(21)27(23)15-19-11-8-10-18-9-4-5-12-20(18)19/h4-14,17H,1,15H2,2-3H3,(H,25,28). The topological polar surface area (TPSA) is 46.9 Å². The first-order valence-electron chi connectivity index (χ1n) is 9.43. The summed E-state index contributed by atoms with van der Waals surface area (Å²) in [4.78, 5) is 17.0. The predicted molar refractivity (Wildman–Crippen MR) is 114 cm³/mol. The van der Waals surface area contributed by atoms with Crippen LogP contribution < -0.4 is 5.32 Å². The molecule has 1 N–H and O–H groups in total. The van der Waals surface area contributed by atoms with Crippen LogP contribution in [-0.4, -0.2) is 15.5 Å². The number of carbonyl (C=O) groups excluding carboxylic acids is 1. The summed E-state index contributed by atoms with van der Waals surface area (Å²) < 4.78 is 2.19. The molecule has 4 nitrogen and oxygen atoms in total. The van der Waals surface area contributed by atoms with Crippen molar-refractivity contribution in [2.24, 2.45) is 0 Å². The molecule has 0 aliphatic heterocycles. The smallest absolute Gasteiger partial charge is 0.246 e. The van der Waals surface area contributed by atoms with Gasteiger partial charge in [-0.25, -0.2) is 4.98 Å². The molecule has 0 radical (unpaired) electrons. The SMILES string of the molecule is C=C(C)C(=O)NC(C)c1nc2ccccc2n1Cc1cccc2ccccc12. The maximum Gasteiger partial charge on any atom is 0.246 e. The number of fused-ring (bicyclic) bond motifs is 2. The van der Waals surface area contributed by atoms with Crippen LogP contribution in [0, 0.1) is 0 Å². The van der Waals surface area contributed by atoms with E-state index in [1.807, 2.05) is 25.1 Å². The minimum absolute atomic E-state index is 0.156. The van der Waals surface area contributed by atoms with Gasteiger partial charge in [-0.1, -0.05) is 61.2 Å². The second-order valence-electron chi connectivity index (χ2n) is 7.16. The zero-order valence-electron chi connectivity index (χ0n) is 16.1. The normalized spacial score (nSPS) is 12.2. The van der Waals surface area contributed by atoms with Crippen LogP contribution >= 0.6 is 0 Å². The van der Waals surface area contributed by atoms with Gasteiger partial charge in [0.2, 0.25) is 5.91 Å². The van der Waals surface area contributed by atoms with Gasteiger partial charge in [0.05, 0.1) is 23.6 Å². The molecule has 4 rings (SSSR count). The van der Waals surface area contributed by atoms with Crippen molar-refractivity contribution in [3.05, 3.63) is 90.3 Å². The van der Waals surface area contributed by atoms with Crippen molar-refractivity contribution >= 4 is 27.7 Å². The van der Waals surface area contributed by atoms with Crippen LogP contribution in [0.4, 0.5) is 0 Å². The van der Waals surface area contributed by atoms with E-state index < -0.39 is 0 Å². The largest absolute Gasteiger partial charge is 0.343 e. The Morgan fingerprint density at radius 3 is 2.61 bits per heavy atom. The molecular formula is C24H23N3O. The molecule has 1 atom stereocenters. The number of hydrogen-bond donors (Lipinski definition) is 1. The lowest BCUT2D eigenvalue weighted by Gasteiger charge is -2.17. The number of amides is 1. The monoisotopic (exact) mass is 369 g/mol. The zero-order chi connectivity index (χ0) is 19.7. The summed E-state index contributed by atoms with van der Waals surface area (Å²) in [5, 5.41) is 5.44. The molecule has 0 spiro atoms. The summed E-state index contributed by atoms with van der Waals surface area (Å²) in [7, 11) is 0. The highest BCUT2D eigenvalue weighted by Crippen LogP contribution is 2.25. The Kier molecular flexibility index (Phi) is 4.70. The third kappa shape index (κ3) is 3.29. The second-order valence-corrected chi connectivity index (χ2v) is 7.16. The van der Waals surface area contributed by atoms with E-state index in [4.69, 9.17) is 4.98 Å². The first-order valence-corrected chi connectivity index (χ1v) is 9.43. The molecule has 1 unspecified atom stereocenters. The molecular weight excluding hydrogens is 346 g/mol. The van der Waals surface area contributed by atoms with Crippen LogP contribution in [0.5, 0.6) is 0 Å². The summed E-state index contributed by atoms with van der Waals surface area (Å²) >= 11 is 0. The van der Waals surface area contributed by atoms with E-state index in [-0.39, 0.29) is 11.9 Å². The third-order valence-corrected chi connectivity index (χ3v) is 5.01. The van der Waals surface area contributed by atoms with Crippen molar-refractivity contribution in [3.63, 3.8) is 0 Å². The number of hydrogen-bond acceptors (Lipinski definition) is 2. The van der Waals surface area contributed by atoms with E-state index in [0.29, 0.717) is 12.1 Å². The first-order chi connectivity index (χ1) is 13.5. The minimum Gasteiger partial charge on any atom is -0.343 e. The molecule has 4 heteroatoms. The molecule has 0 aliphatic rings. The van der Waals surface area contributed by atoms with Gasteiger partial charge in [-0.05, 0) is 42.3 Å². The summed E-state index contributed by atoms with van der Waals surface area (Å²) in [5.41, 5.74) is 3.69. The van der Waals surface area contributed by atoms with Crippen molar-refractivity contribution in [2.45, 2.75) is 26.4 Å². The lowest BCUT2D eigenvalue weighted by atomic mass is 10.0. The average Bonchev–Trinajstić information content (AvgIpc) is 3.07. The van der Waals surface area contributed by atoms with Crippen LogP contribution in [0.1, 0.15) is 31.3 Å². The number of aromatic nitrogens is 2. The van der Waals surface area contributed by atoms with E-state index in [0.717, 1.165) is 16.9 Å². The van der Waals surface area contributed by atoms with Crippen molar-refractivity contribution in [2.75, 3.05) is 0 Å². The van der Waals surface area contributed by atoms with E-state index in [9.17, 15) is 4.79 Å². The van der Waals surface area contributed by atoms with Crippen LogP contribution in [-0.2, 0) is 11.3 Å². The van der Waals surface area contributed by atoms with Gasteiger partial charge in [-0.3, -0.25) is 4.79 Å². The fourth-order valence-electron chi connectivity index (χ4n) is 3.58. The second kappa shape index (κ2) is 7.31. The van der Waals surface area contributed by atoms with Gasteiger partial charge in [0.1, 0.15) is 5.82 Å². The maximum absolute atomic E-state index is 12.1. The number of imidazole rings is 1. The van der Waals surface area contributed by atoms with Crippen LogP contribution in [0.3, 0.4) is 0 Å². The lowest BCUT2D eigenvalue weighted by Crippen LogP contribution is -2.29. The number of carbonyl (C=O) groups is 1. The summed E-state index contributed by atoms with van der Waals surface area (Å²) in [6.07, 6.45) is 0. The van der Waals surface area contributed by atoms with E-state index >= 15 is 0 Å². The quantitative estimate of drug-likeness (QED) is 0.504. The predicted octanol–water partition coefficient (Wildman–Crippen LogP) is 4.99. The molecule has 3 aromatic carbocycles. The number of benzene rings is 3. The highest BCUT2D eigenvalue weighted by atomic mass is 16.1. The van der Waals surface area contributed by atoms with Crippen molar-refractivity contribution < 1.29 is 4.79 Å². The van der Waals surface area contributed by atoms with Crippen LogP contribution in [0.15, 0.2) is 78.9 Å². The van der Waals surface area contributed by atoms with Gasteiger partial charge < -0.3 is 9.88 Å². The van der Waals surface area contributed by atoms with Gasteiger partial charge in [0.15, 0.2) is 0 Å². The van der Waals surface area contributed by atoms with Gasteiger partial charge in [-0.2, -0.15) is 0 Å². The summed E-state index contributed by atoms with van der Waals surface area (Å²) in [6.45, 7) is 8.08. The third-order valence-electron chi connectivity index (χ3n) is 5.01. The Bertz CT molecular complexity index is 1180. The Hall–Kier alpha value is -3.40. The van der Waals surface area contributed by atoms with Crippen molar-refractivity contribution in [1.29, 1.82) is 0 Å². The highest BCUT2D eigenvalue weighted by Gasteiger charge is 2.19. The van der Waals surface area contributed by atoms with Gasteiger partial charge in [0.25, 0.3) is 0 Å². The fraction of sp³-hybridized carbons (Fsp3) is 0.167. The average molecular weight is 369 g/mol. The molecule has 0 saturated heterocycles. The lowest BCUT2D eigenvalue weighted by molar-refractivity contribution is -0.118. The number of rotatable bonds is 5. The van der Waals surface area contributed by atoms with Crippen molar-refractivity contribution in [1.82, 2.24) is 14.9 Å². The molecule has 0 aliphatic carbocycles. The molecule has 4 aromatic rings. The Morgan fingerprint density at radius 1 is 1.07 bits per heavy atom. The van der Waals surface area contributed by atoms with E-state index in [1.54, 1.807) is 6.92 Å². The molecule has 1 heterocycles. The minimum atomic E-state index is -0.230. The van der Waals surface area contributed by atoms with Crippen molar-refractivity contribution in [3.8, 4) is 0 Å². The Balaban J connectivity index is 1.81. The number of para-hydroxylation sites is 2. The van der Waals surface area contributed by atoms with E-state index in [2.05, 4.69) is 65.0 Å². The molecule has 0 saturated carbocycles. The summed E-state index contributed by atoms with van der Waals surface area (Å²) in [6, 6.07) is 22.6. The molecule has 0 fully saturated rings. The Morgan fingerprint density at radius 2 is 1.79 bits per heavy atom. The van der Waals surface area contributed by atoms with Gasteiger partial charge in [-0.15, -0.1) is 0 Å². The fourth-order valence-corrected chi connectivity index (χ4v) is 3.58. The van der Waals surface area contributed by atoms with E-state index in [1.165, 1.54) is 16.3 Å². The molecule has 140 valence electrons. The van der Waals surface area contributed by atoms with Crippen LogP contribution in [0.25, 0.3) is 21.8 Å². The highest BCUT2D eigenvalue weighted by molar-refractivity contribution is 5.92. The van der Waals surface area contributed by atoms with Gasteiger partial charge >= 0.3 is 0 Å². The van der Waals surface area contributed by atoms with Gasteiger partial charge in [0, 0.05) is 5.57 Å².